The van der Waals surface area contributed by atoms with E-state index in [4.69, 9.17) is 28.2 Å². The van der Waals surface area contributed by atoms with Crippen LogP contribution in [0.3, 0.4) is 0 Å². The molecular weight excluding hydrogens is 495 g/mol. The number of hydrogen-bond acceptors (Lipinski definition) is 6. The Morgan fingerprint density at radius 2 is 1.79 bits per heavy atom. The van der Waals surface area contributed by atoms with Crippen molar-refractivity contribution in [3.63, 3.8) is 0 Å². The molecule has 2 N–H and O–H groups in total. The van der Waals surface area contributed by atoms with Crippen LogP contribution in [0.1, 0.15) is 43.0 Å². The summed E-state index contributed by atoms with van der Waals surface area (Å²) in [7, 11) is 4.23. The van der Waals surface area contributed by atoms with Gasteiger partial charge in [0, 0.05) is 24.3 Å². The molecule has 1 aromatic carbocycles. The van der Waals surface area contributed by atoms with Gasteiger partial charge in [-0.3, -0.25) is 9.78 Å². The van der Waals surface area contributed by atoms with Crippen LogP contribution in [0.25, 0.3) is 22.3 Å². The van der Waals surface area contributed by atoms with E-state index in [0.29, 0.717) is 33.8 Å². The number of benzene rings is 1. The third kappa shape index (κ3) is 5.74. The predicted octanol–water partition coefficient (Wildman–Crippen LogP) is 6.47. The lowest BCUT2D eigenvalue weighted by atomic mass is 9.85. The Balaban J connectivity index is 0.00000324. The number of hydrogen-bond donors (Lipinski definition) is 2. The van der Waals surface area contributed by atoms with Gasteiger partial charge in [0.2, 0.25) is 0 Å². The van der Waals surface area contributed by atoms with Gasteiger partial charge < -0.3 is 15.3 Å². The number of nitrogens with zero attached hydrogens (tertiary/aromatic N) is 3. The molecule has 0 spiro atoms. The minimum atomic E-state index is -0.157. The molecule has 1 aliphatic carbocycles. The minimum Gasteiger partial charge on any atom is -0.505 e. The van der Waals surface area contributed by atoms with E-state index in [1.165, 1.54) is 0 Å². The number of aromatic hydroxyl groups is 1. The molecule has 0 radical (unpaired) electrons. The summed E-state index contributed by atoms with van der Waals surface area (Å²) in [5.41, 5.74) is 3.89. The van der Waals surface area contributed by atoms with Crippen molar-refractivity contribution in [2.75, 3.05) is 26.0 Å². The fourth-order valence-corrected chi connectivity index (χ4v) is 5.05. The van der Waals surface area contributed by atoms with Crippen molar-refractivity contribution in [2.45, 2.75) is 38.6 Å². The van der Waals surface area contributed by atoms with Gasteiger partial charge in [-0.05, 0) is 76.9 Å². The molecule has 1 aliphatic rings. The molecular formula is C25H29Cl3N4O2. The van der Waals surface area contributed by atoms with Crippen molar-refractivity contribution in [1.29, 1.82) is 0 Å². The number of carbonyl (C=O) groups is 1. The van der Waals surface area contributed by atoms with Crippen molar-refractivity contribution < 1.29 is 9.90 Å². The summed E-state index contributed by atoms with van der Waals surface area (Å²) in [6.07, 6.45) is 6.01. The van der Waals surface area contributed by atoms with E-state index in [9.17, 15) is 9.90 Å². The maximum atomic E-state index is 12.4. The molecule has 9 heteroatoms. The van der Waals surface area contributed by atoms with Gasteiger partial charge in [0.1, 0.15) is 5.52 Å². The summed E-state index contributed by atoms with van der Waals surface area (Å²) in [5, 5.41) is 13.8. The molecule has 34 heavy (non-hydrogen) atoms. The molecule has 4 rings (SSSR count). The number of pyridine rings is 2. The highest BCUT2D eigenvalue weighted by atomic mass is 35.5. The Bertz CT molecular complexity index is 1170. The van der Waals surface area contributed by atoms with Gasteiger partial charge in [-0.2, -0.15) is 0 Å². The quantitative estimate of drug-likeness (QED) is 0.361. The number of halogens is 3. The van der Waals surface area contributed by atoms with Crippen LogP contribution >= 0.6 is 35.6 Å². The van der Waals surface area contributed by atoms with Crippen LogP contribution in [0.2, 0.25) is 10.0 Å². The number of anilines is 1. The lowest BCUT2D eigenvalue weighted by molar-refractivity contribution is 0.101. The van der Waals surface area contributed by atoms with Crippen LogP contribution in [0.4, 0.5) is 5.69 Å². The molecule has 1 fully saturated rings. The van der Waals surface area contributed by atoms with E-state index >= 15 is 0 Å². The number of phenolic OH excluding ortho intramolecular Hbond substituents is 1. The number of phenols is 1. The van der Waals surface area contributed by atoms with E-state index in [-0.39, 0.29) is 40.0 Å². The molecule has 182 valence electrons. The molecule has 0 amide bonds. The third-order valence-corrected chi connectivity index (χ3v) is 6.80. The Morgan fingerprint density at radius 3 is 2.38 bits per heavy atom. The van der Waals surface area contributed by atoms with Gasteiger partial charge in [0.15, 0.2) is 11.5 Å². The third-order valence-electron chi connectivity index (χ3n) is 6.22. The molecule has 0 aliphatic heterocycles. The zero-order chi connectivity index (χ0) is 23.7. The van der Waals surface area contributed by atoms with Crippen LogP contribution in [0.5, 0.6) is 5.75 Å². The second kappa shape index (κ2) is 11.1. The van der Waals surface area contributed by atoms with Crippen LogP contribution < -0.4 is 5.32 Å². The summed E-state index contributed by atoms with van der Waals surface area (Å²) >= 11 is 12.2. The van der Waals surface area contributed by atoms with Gasteiger partial charge in [-0.15, -0.1) is 12.4 Å². The summed E-state index contributed by atoms with van der Waals surface area (Å²) in [6, 6.07) is 7.22. The van der Waals surface area contributed by atoms with E-state index in [2.05, 4.69) is 29.3 Å². The highest BCUT2D eigenvalue weighted by Gasteiger charge is 2.24. The molecule has 2 aromatic heterocycles. The van der Waals surface area contributed by atoms with Gasteiger partial charge >= 0.3 is 0 Å². The molecule has 6 nitrogen and oxygen atoms in total. The highest BCUT2D eigenvalue weighted by molar-refractivity contribution is 6.37. The first kappa shape index (κ1) is 26.5. The summed E-state index contributed by atoms with van der Waals surface area (Å²) in [6.45, 7) is 2.65. The molecule has 0 bridgehead atoms. The smallest absolute Gasteiger partial charge is 0.163 e. The second-order valence-electron chi connectivity index (χ2n) is 9.08. The monoisotopic (exact) mass is 522 g/mol. The number of carbonyl (C=O) groups excluding carboxylic acids is 1. The number of aromatic nitrogens is 2. The first-order valence-corrected chi connectivity index (χ1v) is 11.9. The minimum absolute atomic E-state index is 0. The fourth-order valence-electron chi connectivity index (χ4n) is 4.56. The molecule has 0 atom stereocenters. The van der Waals surface area contributed by atoms with E-state index in [0.717, 1.165) is 37.9 Å². The van der Waals surface area contributed by atoms with Crippen molar-refractivity contribution in [2.24, 2.45) is 5.92 Å². The molecule has 3 aromatic rings. The lowest BCUT2D eigenvalue weighted by Gasteiger charge is -2.31. The number of ketones is 1. The van der Waals surface area contributed by atoms with Crippen LogP contribution in [0, 0.1) is 5.92 Å². The number of Topliss-reactive ketones (excluding diaryl/α,β-unsaturated/α-hetero) is 1. The molecule has 0 unspecified atom stereocenters. The van der Waals surface area contributed by atoms with Gasteiger partial charge in [-0.1, -0.05) is 23.2 Å². The van der Waals surface area contributed by atoms with Crippen molar-refractivity contribution in [3.8, 4) is 17.0 Å². The number of nitrogens with one attached hydrogen (secondary N) is 1. The van der Waals surface area contributed by atoms with Crippen molar-refractivity contribution in [3.05, 3.63) is 46.1 Å². The first-order chi connectivity index (χ1) is 15.7. The Morgan fingerprint density at radius 1 is 1.15 bits per heavy atom. The predicted molar refractivity (Wildman–Crippen MR) is 142 cm³/mol. The standard InChI is InChI=1S/C25H28Cl2N4O2.ClH/c1-14(32)18-12-28-22-9-8-21(16-10-19(26)25(33)20(27)11-16)30-24(22)23(18)29-17-6-4-15(5-7-17)13-31(2)3;/h8-12,15,17,33H,4-7,13H2,1-3H3,(H,28,29);1H. The second-order valence-corrected chi connectivity index (χ2v) is 9.89. The first-order valence-electron chi connectivity index (χ1n) is 11.1. The summed E-state index contributed by atoms with van der Waals surface area (Å²) < 4.78 is 0. The average molecular weight is 524 g/mol. The maximum Gasteiger partial charge on any atom is 0.163 e. The van der Waals surface area contributed by atoms with E-state index in [1.807, 2.05) is 12.1 Å². The average Bonchev–Trinajstić information content (AvgIpc) is 2.77. The summed E-state index contributed by atoms with van der Waals surface area (Å²) in [5.74, 6) is 0.486. The van der Waals surface area contributed by atoms with E-state index < -0.39 is 0 Å². The van der Waals surface area contributed by atoms with Crippen LogP contribution in [-0.4, -0.2) is 52.4 Å². The number of rotatable bonds is 6. The van der Waals surface area contributed by atoms with Gasteiger partial charge in [0.05, 0.1) is 32.5 Å². The molecule has 0 saturated heterocycles. The normalized spacial score (nSPS) is 18.1. The Kier molecular flexibility index (Phi) is 8.63. The van der Waals surface area contributed by atoms with Crippen LogP contribution in [0.15, 0.2) is 30.5 Å². The highest BCUT2D eigenvalue weighted by Crippen LogP contribution is 2.37. The topological polar surface area (TPSA) is 78.3 Å². The van der Waals surface area contributed by atoms with Crippen molar-refractivity contribution in [1.82, 2.24) is 14.9 Å². The maximum absolute atomic E-state index is 12.4. The van der Waals surface area contributed by atoms with Crippen LogP contribution in [-0.2, 0) is 0 Å². The van der Waals surface area contributed by atoms with Crippen molar-refractivity contribution >= 4 is 58.1 Å². The zero-order valence-electron chi connectivity index (χ0n) is 19.4. The summed E-state index contributed by atoms with van der Waals surface area (Å²) in [4.78, 5) is 24.0. The fraction of sp³-hybridized carbons (Fsp3) is 0.400. The molecule has 2 heterocycles. The van der Waals surface area contributed by atoms with Gasteiger partial charge in [-0.25, -0.2) is 4.98 Å². The lowest BCUT2D eigenvalue weighted by Crippen LogP contribution is -2.31. The van der Waals surface area contributed by atoms with Gasteiger partial charge in [0.25, 0.3) is 0 Å². The zero-order valence-corrected chi connectivity index (χ0v) is 21.8. The number of fused-ring (bicyclic) bond motifs is 1. The molecule has 1 saturated carbocycles. The largest absolute Gasteiger partial charge is 0.505 e. The van der Waals surface area contributed by atoms with E-state index in [1.54, 1.807) is 25.3 Å². The Hall–Kier alpha value is -2.12. The SMILES string of the molecule is CC(=O)c1cnc2ccc(-c3cc(Cl)c(O)c(Cl)c3)nc2c1NC1CCC(CN(C)C)CC1.Cl. The Labute approximate surface area is 216 Å².